The Labute approximate surface area is 154 Å². The average molecular weight is 347 g/mol. The average Bonchev–Trinajstić information content (AvgIpc) is 3.18. The first-order valence-corrected chi connectivity index (χ1v) is 8.75. The molecule has 0 saturated carbocycles. The van der Waals surface area contributed by atoms with E-state index >= 15 is 0 Å². The summed E-state index contributed by atoms with van der Waals surface area (Å²) in [4.78, 5) is 4.31. The SMILES string of the molecule is CN=C(NCc1cccc(-n2cccn2)c1)NCc1ccc(C)cc1C. The standard InChI is InChI=1S/C21H25N5/c1-16-8-9-19(17(2)12-16)15-24-21(22-3)23-14-18-6-4-7-20(13-18)26-11-5-10-25-26/h4-13H,14-15H2,1-3H3,(H2,22,23,24). The third-order valence-corrected chi connectivity index (χ3v) is 4.31. The topological polar surface area (TPSA) is 54.2 Å². The lowest BCUT2D eigenvalue weighted by molar-refractivity contribution is 0.803. The molecule has 26 heavy (non-hydrogen) atoms. The van der Waals surface area contributed by atoms with Gasteiger partial charge in [0.2, 0.25) is 0 Å². The first-order chi connectivity index (χ1) is 12.7. The molecule has 0 radical (unpaired) electrons. The van der Waals surface area contributed by atoms with Crippen LogP contribution in [0.1, 0.15) is 22.3 Å². The van der Waals surface area contributed by atoms with Gasteiger partial charge >= 0.3 is 0 Å². The van der Waals surface area contributed by atoms with E-state index in [1.807, 2.05) is 29.1 Å². The second kappa shape index (κ2) is 8.34. The van der Waals surface area contributed by atoms with Crippen LogP contribution in [0.5, 0.6) is 0 Å². The van der Waals surface area contributed by atoms with E-state index in [0.717, 1.165) is 18.2 Å². The minimum Gasteiger partial charge on any atom is -0.352 e. The quantitative estimate of drug-likeness (QED) is 0.550. The van der Waals surface area contributed by atoms with Gasteiger partial charge in [-0.05, 0) is 48.7 Å². The number of rotatable bonds is 5. The molecule has 0 aliphatic heterocycles. The van der Waals surface area contributed by atoms with Crippen LogP contribution >= 0.6 is 0 Å². The van der Waals surface area contributed by atoms with E-state index in [9.17, 15) is 0 Å². The third-order valence-electron chi connectivity index (χ3n) is 4.31. The van der Waals surface area contributed by atoms with Crippen LogP contribution in [0.3, 0.4) is 0 Å². The minimum atomic E-state index is 0.696. The number of aryl methyl sites for hydroxylation is 2. The minimum absolute atomic E-state index is 0.696. The predicted molar refractivity (Wildman–Crippen MR) is 107 cm³/mol. The van der Waals surface area contributed by atoms with Crippen LogP contribution in [0.25, 0.3) is 5.69 Å². The van der Waals surface area contributed by atoms with Crippen LogP contribution in [-0.2, 0) is 13.1 Å². The predicted octanol–water partition coefficient (Wildman–Crippen LogP) is 3.35. The molecule has 0 fully saturated rings. The highest BCUT2D eigenvalue weighted by Crippen LogP contribution is 2.11. The van der Waals surface area contributed by atoms with Crippen LogP contribution in [-0.4, -0.2) is 22.8 Å². The summed E-state index contributed by atoms with van der Waals surface area (Å²) in [6.45, 7) is 5.70. The summed E-state index contributed by atoms with van der Waals surface area (Å²) in [5.41, 5.74) is 6.07. The van der Waals surface area contributed by atoms with Gasteiger partial charge in [-0.2, -0.15) is 5.10 Å². The van der Waals surface area contributed by atoms with Gasteiger partial charge in [0.15, 0.2) is 5.96 Å². The van der Waals surface area contributed by atoms with E-state index in [-0.39, 0.29) is 0 Å². The highest BCUT2D eigenvalue weighted by Gasteiger charge is 2.03. The fourth-order valence-electron chi connectivity index (χ4n) is 2.86. The highest BCUT2D eigenvalue weighted by molar-refractivity contribution is 5.79. The first kappa shape index (κ1) is 17.7. The molecule has 0 atom stereocenters. The van der Waals surface area contributed by atoms with Crippen LogP contribution in [0.2, 0.25) is 0 Å². The zero-order valence-electron chi connectivity index (χ0n) is 15.5. The number of nitrogens with zero attached hydrogens (tertiary/aromatic N) is 3. The third kappa shape index (κ3) is 4.51. The van der Waals surface area contributed by atoms with Gasteiger partial charge in [0.1, 0.15) is 0 Å². The molecule has 0 spiro atoms. The summed E-state index contributed by atoms with van der Waals surface area (Å²) in [6, 6.07) is 16.7. The Morgan fingerprint density at radius 3 is 2.62 bits per heavy atom. The second-order valence-electron chi connectivity index (χ2n) is 6.33. The monoisotopic (exact) mass is 347 g/mol. The van der Waals surface area contributed by atoms with Gasteiger partial charge in [-0.1, -0.05) is 35.9 Å². The van der Waals surface area contributed by atoms with Crippen molar-refractivity contribution in [3.63, 3.8) is 0 Å². The molecule has 1 aromatic heterocycles. The number of aromatic nitrogens is 2. The largest absolute Gasteiger partial charge is 0.352 e. The lowest BCUT2D eigenvalue weighted by atomic mass is 10.1. The van der Waals surface area contributed by atoms with Crippen LogP contribution in [0.15, 0.2) is 65.9 Å². The van der Waals surface area contributed by atoms with Crippen molar-refractivity contribution in [1.82, 2.24) is 20.4 Å². The van der Waals surface area contributed by atoms with Crippen LogP contribution < -0.4 is 10.6 Å². The van der Waals surface area contributed by atoms with Crippen molar-refractivity contribution >= 4 is 5.96 Å². The highest BCUT2D eigenvalue weighted by atomic mass is 15.3. The van der Waals surface area contributed by atoms with Gasteiger partial charge in [-0.25, -0.2) is 4.68 Å². The van der Waals surface area contributed by atoms with Gasteiger partial charge < -0.3 is 10.6 Å². The van der Waals surface area contributed by atoms with Crippen molar-refractivity contribution in [3.05, 3.63) is 83.2 Å². The maximum atomic E-state index is 4.31. The van der Waals surface area contributed by atoms with E-state index in [1.165, 1.54) is 22.3 Å². The van der Waals surface area contributed by atoms with Gasteiger partial charge in [-0.3, -0.25) is 4.99 Å². The van der Waals surface area contributed by atoms with Crippen molar-refractivity contribution in [2.24, 2.45) is 4.99 Å². The summed E-state index contributed by atoms with van der Waals surface area (Å²) in [7, 11) is 1.79. The van der Waals surface area contributed by atoms with Crippen molar-refractivity contribution in [3.8, 4) is 5.69 Å². The summed E-state index contributed by atoms with van der Waals surface area (Å²) in [5, 5.41) is 11.0. The Hall–Kier alpha value is -3.08. The molecule has 134 valence electrons. The number of benzene rings is 2. The molecule has 0 aliphatic carbocycles. The summed E-state index contributed by atoms with van der Waals surface area (Å²) < 4.78 is 1.86. The number of hydrogen-bond donors (Lipinski definition) is 2. The zero-order chi connectivity index (χ0) is 18.4. The molecule has 5 nitrogen and oxygen atoms in total. The van der Waals surface area contributed by atoms with Crippen molar-refractivity contribution in [1.29, 1.82) is 0 Å². The van der Waals surface area contributed by atoms with E-state index in [1.54, 1.807) is 13.2 Å². The Kier molecular flexibility index (Phi) is 5.69. The maximum absolute atomic E-state index is 4.31. The number of aliphatic imine (C=N–C) groups is 1. The molecule has 3 rings (SSSR count). The van der Waals surface area contributed by atoms with E-state index < -0.39 is 0 Å². The van der Waals surface area contributed by atoms with Crippen molar-refractivity contribution in [2.75, 3.05) is 7.05 Å². The lowest BCUT2D eigenvalue weighted by Gasteiger charge is -2.14. The molecule has 0 amide bonds. The first-order valence-electron chi connectivity index (χ1n) is 8.75. The molecule has 3 aromatic rings. The summed E-state index contributed by atoms with van der Waals surface area (Å²) in [5.74, 6) is 0.787. The molecule has 0 bridgehead atoms. The molecule has 2 aromatic carbocycles. The molecular weight excluding hydrogens is 322 g/mol. The van der Waals surface area contributed by atoms with Gasteiger partial charge in [0.25, 0.3) is 0 Å². The van der Waals surface area contributed by atoms with Gasteiger partial charge in [0.05, 0.1) is 5.69 Å². The Bertz CT molecular complexity index is 881. The van der Waals surface area contributed by atoms with E-state index in [2.05, 4.69) is 64.9 Å². The Morgan fingerprint density at radius 1 is 1.04 bits per heavy atom. The fourth-order valence-corrected chi connectivity index (χ4v) is 2.86. The van der Waals surface area contributed by atoms with Gasteiger partial charge in [-0.15, -0.1) is 0 Å². The Balaban J connectivity index is 1.58. The smallest absolute Gasteiger partial charge is 0.191 e. The fraction of sp³-hybridized carbons (Fsp3) is 0.238. The van der Waals surface area contributed by atoms with Crippen LogP contribution in [0.4, 0.5) is 0 Å². The number of nitrogens with one attached hydrogen (secondary N) is 2. The zero-order valence-corrected chi connectivity index (χ0v) is 15.5. The second-order valence-corrected chi connectivity index (χ2v) is 6.33. The molecule has 1 heterocycles. The molecular formula is C21H25N5. The summed E-state index contributed by atoms with van der Waals surface area (Å²) >= 11 is 0. The molecule has 0 unspecified atom stereocenters. The van der Waals surface area contributed by atoms with Crippen molar-refractivity contribution in [2.45, 2.75) is 26.9 Å². The van der Waals surface area contributed by atoms with Crippen LogP contribution in [0, 0.1) is 13.8 Å². The van der Waals surface area contributed by atoms with E-state index in [4.69, 9.17) is 0 Å². The number of guanidine groups is 1. The molecule has 5 heteroatoms. The molecule has 2 N–H and O–H groups in total. The molecule has 0 saturated heterocycles. The normalized spacial score (nSPS) is 11.4. The molecule has 0 aliphatic rings. The Morgan fingerprint density at radius 2 is 1.88 bits per heavy atom. The van der Waals surface area contributed by atoms with Gasteiger partial charge in [0, 0.05) is 32.5 Å². The number of hydrogen-bond acceptors (Lipinski definition) is 2. The summed E-state index contributed by atoms with van der Waals surface area (Å²) in [6.07, 6.45) is 3.72. The van der Waals surface area contributed by atoms with E-state index in [0.29, 0.717) is 6.54 Å². The van der Waals surface area contributed by atoms with Crippen molar-refractivity contribution < 1.29 is 0 Å². The maximum Gasteiger partial charge on any atom is 0.191 e. The lowest BCUT2D eigenvalue weighted by Crippen LogP contribution is -2.36.